The lowest BCUT2D eigenvalue weighted by atomic mass is 10.2. The van der Waals surface area contributed by atoms with Crippen LogP contribution in [0.1, 0.15) is 40.6 Å². The molecule has 1 aliphatic carbocycles. The first-order valence-corrected chi connectivity index (χ1v) is 9.79. The summed E-state index contributed by atoms with van der Waals surface area (Å²) in [5.41, 5.74) is 3.82. The van der Waals surface area contributed by atoms with E-state index in [-0.39, 0.29) is 5.78 Å². The third kappa shape index (κ3) is 3.29. The van der Waals surface area contributed by atoms with Crippen molar-refractivity contribution in [1.29, 1.82) is 0 Å². The van der Waals surface area contributed by atoms with Gasteiger partial charge in [0.05, 0.1) is 11.4 Å². The molecule has 2 aromatic heterocycles. The number of aryl methyl sites for hydroxylation is 1. The Balaban J connectivity index is 1.50. The molecular weight excluding hydrogens is 370 g/mol. The maximum atomic E-state index is 12.7. The first-order valence-electron chi connectivity index (χ1n) is 8.43. The van der Waals surface area contributed by atoms with E-state index in [1.807, 2.05) is 25.1 Å². The number of carbonyl (C=O) groups excluding carboxylic acids is 1. The summed E-state index contributed by atoms with van der Waals surface area (Å²) in [7, 11) is 0. The highest BCUT2D eigenvalue weighted by Gasteiger charge is 2.28. The fourth-order valence-corrected chi connectivity index (χ4v) is 4.08. The molecular formula is C18H18ClN5OS. The predicted octanol–water partition coefficient (Wildman–Crippen LogP) is 4.04. The third-order valence-corrected chi connectivity index (χ3v) is 5.71. The number of tetrazole rings is 1. The van der Waals surface area contributed by atoms with Crippen LogP contribution in [0.2, 0.25) is 5.02 Å². The summed E-state index contributed by atoms with van der Waals surface area (Å²) in [6.45, 7) is 4.09. The number of rotatable bonds is 6. The zero-order valence-corrected chi connectivity index (χ0v) is 16.1. The third-order valence-electron chi connectivity index (χ3n) is 4.54. The number of ketones is 1. The number of Topliss-reactive ketones (excluding diaryl/α,β-unsaturated/α-hetero) is 1. The molecule has 4 rings (SSSR count). The molecule has 26 heavy (non-hydrogen) atoms. The molecule has 0 bridgehead atoms. The van der Waals surface area contributed by atoms with Crippen LogP contribution in [0.25, 0.3) is 5.69 Å². The van der Waals surface area contributed by atoms with Gasteiger partial charge in [0.2, 0.25) is 5.16 Å². The number of aromatic nitrogens is 5. The number of thioether (sulfide) groups is 1. The van der Waals surface area contributed by atoms with Crippen molar-refractivity contribution >= 4 is 29.1 Å². The van der Waals surface area contributed by atoms with Crippen molar-refractivity contribution in [3.05, 3.63) is 52.3 Å². The number of hydrogen-bond acceptors (Lipinski definition) is 5. The monoisotopic (exact) mass is 387 g/mol. The van der Waals surface area contributed by atoms with E-state index in [9.17, 15) is 4.79 Å². The van der Waals surface area contributed by atoms with Crippen molar-refractivity contribution in [3.8, 4) is 5.69 Å². The molecule has 134 valence electrons. The van der Waals surface area contributed by atoms with Gasteiger partial charge in [0, 0.05) is 28.0 Å². The summed E-state index contributed by atoms with van der Waals surface area (Å²) >= 11 is 7.27. The summed E-state index contributed by atoms with van der Waals surface area (Å²) in [6.07, 6.45) is 2.41. The van der Waals surface area contributed by atoms with Gasteiger partial charge in [-0.3, -0.25) is 4.79 Å². The summed E-state index contributed by atoms with van der Waals surface area (Å²) in [5, 5.41) is 13.0. The molecule has 0 spiro atoms. The van der Waals surface area contributed by atoms with E-state index < -0.39 is 0 Å². The minimum Gasteiger partial charge on any atom is -0.345 e. The van der Waals surface area contributed by atoms with E-state index in [1.54, 1.807) is 16.8 Å². The quantitative estimate of drug-likeness (QED) is 0.471. The SMILES string of the molecule is Cc1cc(C(=O)CSc2nnnn2-c2ccc(Cl)cc2)c(C)n1C1CC1. The van der Waals surface area contributed by atoms with Gasteiger partial charge in [-0.25, -0.2) is 0 Å². The van der Waals surface area contributed by atoms with Gasteiger partial charge in [-0.2, -0.15) is 4.68 Å². The van der Waals surface area contributed by atoms with Gasteiger partial charge in [0.15, 0.2) is 5.78 Å². The Morgan fingerprint density at radius 3 is 2.69 bits per heavy atom. The van der Waals surface area contributed by atoms with Gasteiger partial charge in [-0.1, -0.05) is 23.4 Å². The first-order chi connectivity index (χ1) is 12.5. The molecule has 1 saturated carbocycles. The van der Waals surface area contributed by atoms with Crippen LogP contribution in [0.4, 0.5) is 0 Å². The summed E-state index contributed by atoms with van der Waals surface area (Å²) in [5.74, 6) is 0.392. The molecule has 0 radical (unpaired) electrons. The van der Waals surface area contributed by atoms with Gasteiger partial charge >= 0.3 is 0 Å². The van der Waals surface area contributed by atoms with Crippen LogP contribution in [0.3, 0.4) is 0 Å². The van der Waals surface area contributed by atoms with E-state index >= 15 is 0 Å². The smallest absolute Gasteiger partial charge is 0.214 e. The average molecular weight is 388 g/mol. The number of nitrogens with zero attached hydrogens (tertiary/aromatic N) is 5. The molecule has 0 atom stereocenters. The molecule has 3 aromatic rings. The Hall–Kier alpha value is -2.12. The lowest BCUT2D eigenvalue weighted by Crippen LogP contribution is -2.07. The van der Waals surface area contributed by atoms with Gasteiger partial charge < -0.3 is 4.57 Å². The van der Waals surface area contributed by atoms with Crippen molar-refractivity contribution < 1.29 is 4.79 Å². The highest BCUT2D eigenvalue weighted by atomic mass is 35.5. The van der Waals surface area contributed by atoms with Gasteiger partial charge in [-0.15, -0.1) is 5.10 Å². The molecule has 0 unspecified atom stereocenters. The fraction of sp³-hybridized carbons (Fsp3) is 0.333. The van der Waals surface area contributed by atoms with E-state index in [1.165, 1.54) is 24.6 Å². The second-order valence-corrected chi connectivity index (χ2v) is 7.83. The molecule has 1 fully saturated rings. The molecule has 1 aliphatic rings. The zero-order chi connectivity index (χ0) is 18.3. The molecule has 6 nitrogen and oxygen atoms in total. The number of halogens is 1. The van der Waals surface area contributed by atoms with Crippen LogP contribution >= 0.6 is 23.4 Å². The molecule has 8 heteroatoms. The standard InChI is InChI=1S/C18H18ClN5OS/c1-11-9-16(12(2)23(11)14-7-8-14)17(25)10-26-18-20-21-22-24(18)15-5-3-13(19)4-6-15/h3-6,9,14H,7-8,10H2,1-2H3. The van der Waals surface area contributed by atoms with Crippen LogP contribution in [0.15, 0.2) is 35.5 Å². The van der Waals surface area contributed by atoms with Crippen molar-refractivity contribution in [1.82, 2.24) is 24.8 Å². The lowest BCUT2D eigenvalue weighted by molar-refractivity contribution is 0.102. The minimum absolute atomic E-state index is 0.0978. The fourth-order valence-electron chi connectivity index (χ4n) is 3.18. The van der Waals surface area contributed by atoms with Crippen molar-refractivity contribution in [3.63, 3.8) is 0 Å². The van der Waals surface area contributed by atoms with Crippen molar-refractivity contribution in [2.45, 2.75) is 37.9 Å². The number of carbonyl (C=O) groups is 1. The minimum atomic E-state index is 0.0978. The van der Waals surface area contributed by atoms with Crippen LogP contribution in [-0.2, 0) is 0 Å². The number of hydrogen-bond donors (Lipinski definition) is 0. The molecule has 0 saturated heterocycles. The molecule has 0 N–H and O–H groups in total. The Morgan fingerprint density at radius 2 is 2.00 bits per heavy atom. The Bertz CT molecular complexity index is 959. The summed E-state index contributed by atoms with van der Waals surface area (Å²) in [4.78, 5) is 12.7. The van der Waals surface area contributed by atoms with Gasteiger partial charge in [-0.05, 0) is 67.4 Å². The molecule has 1 aromatic carbocycles. The van der Waals surface area contributed by atoms with Gasteiger partial charge in [0.25, 0.3) is 0 Å². The van der Waals surface area contributed by atoms with Crippen molar-refractivity contribution in [2.24, 2.45) is 0 Å². The summed E-state index contributed by atoms with van der Waals surface area (Å²) < 4.78 is 3.90. The lowest BCUT2D eigenvalue weighted by Gasteiger charge is -2.07. The largest absolute Gasteiger partial charge is 0.345 e. The Kier molecular flexibility index (Phi) is 4.58. The van der Waals surface area contributed by atoms with Crippen LogP contribution in [0.5, 0.6) is 0 Å². The Labute approximate surface area is 160 Å². The van der Waals surface area contributed by atoms with E-state index in [0.717, 1.165) is 22.6 Å². The highest BCUT2D eigenvalue weighted by Crippen LogP contribution is 2.38. The topological polar surface area (TPSA) is 65.6 Å². The zero-order valence-electron chi connectivity index (χ0n) is 14.5. The van der Waals surface area contributed by atoms with Gasteiger partial charge in [0.1, 0.15) is 0 Å². The van der Waals surface area contributed by atoms with E-state index in [4.69, 9.17) is 11.6 Å². The molecule has 0 amide bonds. The average Bonchev–Trinajstić information content (AvgIpc) is 3.26. The van der Waals surface area contributed by atoms with E-state index in [0.29, 0.717) is 22.0 Å². The van der Waals surface area contributed by atoms with E-state index in [2.05, 4.69) is 27.0 Å². The maximum absolute atomic E-state index is 12.7. The summed E-state index contributed by atoms with van der Waals surface area (Å²) in [6, 6.07) is 9.82. The predicted molar refractivity (Wildman–Crippen MR) is 101 cm³/mol. The van der Waals surface area contributed by atoms with Crippen LogP contribution in [0, 0.1) is 13.8 Å². The van der Waals surface area contributed by atoms with Crippen LogP contribution in [-0.4, -0.2) is 36.3 Å². The van der Waals surface area contributed by atoms with Crippen molar-refractivity contribution in [2.75, 3.05) is 5.75 Å². The maximum Gasteiger partial charge on any atom is 0.214 e. The number of benzene rings is 1. The normalized spacial score (nSPS) is 14.0. The highest BCUT2D eigenvalue weighted by molar-refractivity contribution is 7.99. The Morgan fingerprint density at radius 1 is 1.27 bits per heavy atom. The van der Waals surface area contributed by atoms with Crippen LogP contribution < -0.4 is 0 Å². The second-order valence-electron chi connectivity index (χ2n) is 6.45. The second kappa shape index (κ2) is 6.89. The molecule has 0 aliphatic heterocycles. The first kappa shape index (κ1) is 17.3. The molecule has 2 heterocycles.